The Kier molecular flexibility index (Phi) is 2.82. The molecule has 3 heteroatoms. The van der Waals surface area contributed by atoms with Crippen LogP contribution in [0.3, 0.4) is 0 Å². The molecular formula is C15H15N3. The molecular weight excluding hydrogens is 222 g/mol. The van der Waals surface area contributed by atoms with Gasteiger partial charge in [0, 0.05) is 30.7 Å². The molecule has 1 unspecified atom stereocenters. The maximum atomic E-state index is 5.94. The van der Waals surface area contributed by atoms with Gasteiger partial charge in [0.25, 0.3) is 0 Å². The third-order valence-corrected chi connectivity index (χ3v) is 3.26. The topological polar surface area (TPSA) is 43.8 Å². The molecule has 3 rings (SSSR count). The molecule has 0 bridgehead atoms. The van der Waals surface area contributed by atoms with E-state index in [-0.39, 0.29) is 6.04 Å². The van der Waals surface area contributed by atoms with E-state index in [0.717, 1.165) is 5.56 Å². The molecule has 3 nitrogen and oxygen atoms in total. The van der Waals surface area contributed by atoms with Crippen LogP contribution < -0.4 is 5.73 Å². The zero-order valence-corrected chi connectivity index (χ0v) is 10.0. The Labute approximate surface area is 106 Å². The Bertz CT molecular complexity index is 643. The lowest BCUT2D eigenvalue weighted by Crippen LogP contribution is -2.19. The minimum atomic E-state index is 0.138. The second-order valence-electron chi connectivity index (χ2n) is 4.32. The highest BCUT2D eigenvalue weighted by Crippen LogP contribution is 2.23. The molecule has 0 spiro atoms. The molecule has 0 aliphatic heterocycles. The lowest BCUT2D eigenvalue weighted by molar-refractivity contribution is 0.613. The van der Waals surface area contributed by atoms with E-state index in [1.165, 1.54) is 10.9 Å². The number of fused-ring (bicyclic) bond motifs is 1. The summed E-state index contributed by atoms with van der Waals surface area (Å²) in [6, 6.07) is 14.6. The SMILES string of the molecule is NCC(c1cccnc1)n1ccc2ccccc21. The molecule has 90 valence electrons. The molecule has 0 aliphatic carbocycles. The fourth-order valence-electron chi connectivity index (χ4n) is 2.36. The number of hydrogen-bond acceptors (Lipinski definition) is 2. The third-order valence-electron chi connectivity index (χ3n) is 3.26. The van der Waals surface area contributed by atoms with Gasteiger partial charge in [0.15, 0.2) is 0 Å². The van der Waals surface area contributed by atoms with Crippen LogP contribution in [-0.4, -0.2) is 16.1 Å². The predicted molar refractivity (Wildman–Crippen MR) is 73.4 cm³/mol. The Balaban J connectivity index is 2.12. The van der Waals surface area contributed by atoms with E-state index >= 15 is 0 Å². The van der Waals surface area contributed by atoms with Crippen molar-refractivity contribution in [2.45, 2.75) is 6.04 Å². The number of aromatic nitrogens is 2. The van der Waals surface area contributed by atoms with Gasteiger partial charge in [-0.3, -0.25) is 4.98 Å². The van der Waals surface area contributed by atoms with Crippen molar-refractivity contribution in [3.05, 3.63) is 66.6 Å². The van der Waals surface area contributed by atoms with Gasteiger partial charge in [0.05, 0.1) is 6.04 Å². The van der Waals surface area contributed by atoms with Crippen molar-refractivity contribution >= 4 is 10.9 Å². The van der Waals surface area contributed by atoms with Crippen LogP contribution in [0.2, 0.25) is 0 Å². The van der Waals surface area contributed by atoms with Crippen LogP contribution in [0.25, 0.3) is 10.9 Å². The summed E-state index contributed by atoms with van der Waals surface area (Å²) in [5.41, 5.74) is 8.28. The molecule has 0 saturated carbocycles. The highest BCUT2D eigenvalue weighted by Gasteiger charge is 2.13. The second-order valence-corrected chi connectivity index (χ2v) is 4.32. The minimum absolute atomic E-state index is 0.138. The number of nitrogens with two attached hydrogens (primary N) is 1. The summed E-state index contributed by atoms with van der Waals surface area (Å²) in [4.78, 5) is 4.17. The second kappa shape index (κ2) is 4.63. The lowest BCUT2D eigenvalue weighted by atomic mass is 10.1. The smallest absolute Gasteiger partial charge is 0.0723 e. The summed E-state index contributed by atoms with van der Waals surface area (Å²) in [7, 11) is 0. The van der Waals surface area contributed by atoms with Crippen molar-refractivity contribution in [3.8, 4) is 0 Å². The summed E-state index contributed by atoms with van der Waals surface area (Å²) in [5.74, 6) is 0. The molecule has 0 aliphatic rings. The van der Waals surface area contributed by atoms with E-state index in [0.29, 0.717) is 6.54 Å². The van der Waals surface area contributed by atoms with Crippen LogP contribution in [0.5, 0.6) is 0 Å². The molecule has 3 aromatic rings. The average molecular weight is 237 g/mol. The van der Waals surface area contributed by atoms with Crippen LogP contribution in [0.4, 0.5) is 0 Å². The van der Waals surface area contributed by atoms with Crippen molar-refractivity contribution < 1.29 is 0 Å². The lowest BCUT2D eigenvalue weighted by Gasteiger charge is -2.18. The summed E-state index contributed by atoms with van der Waals surface area (Å²) in [5, 5.41) is 1.24. The standard InChI is InChI=1S/C15H15N3/c16-10-15(13-5-3-8-17-11-13)18-9-7-12-4-1-2-6-14(12)18/h1-9,11,15H,10,16H2. The number of para-hydroxylation sites is 1. The molecule has 18 heavy (non-hydrogen) atoms. The van der Waals surface area contributed by atoms with Gasteiger partial charge in [-0.1, -0.05) is 24.3 Å². The number of nitrogens with zero attached hydrogens (tertiary/aromatic N) is 2. The van der Waals surface area contributed by atoms with Crippen molar-refractivity contribution in [1.29, 1.82) is 0 Å². The largest absolute Gasteiger partial charge is 0.339 e. The fraction of sp³-hybridized carbons (Fsp3) is 0.133. The fourth-order valence-corrected chi connectivity index (χ4v) is 2.36. The van der Waals surface area contributed by atoms with Crippen molar-refractivity contribution in [2.24, 2.45) is 5.73 Å². The van der Waals surface area contributed by atoms with Crippen LogP contribution >= 0.6 is 0 Å². The Hall–Kier alpha value is -2.13. The van der Waals surface area contributed by atoms with E-state index in [1.807, 2.05) is 18.3 Å². The van der Waals surface area contributed by atoms with Crippen LogP contribution in [0.1, 0.15) is 11.6 Å². The van der Waals surface area contributed by atoms with Gasteiger partial charge < -0.3 is 10.3 Å². The van der Waals surface area contributed by atoms with Crippen LogP contribution in [0, 0.1) is 0 Å². The van der Waals surface area contributed by atoms with E-state index in [1.54, 1.807) is 6.20 Å². The Morgan fingerprint density at radius 2 is 2.00 bits per heavy atom. The minimum Gasteiger partial charge on any atom is -0.339 e. The van der Waals surface area contributed by atoms with E-state index in [4.69, 9.17) is 5.73 Å². The molecule has 0 amide bonds. The molecule has 0 fully saturated rings. The molecule has 2 heterocycles. The first-order valence-electron chi connectivity index (χ1n) is 6.05. The van der Waals surface area contributed by atoms with Crippen molar-refractivity contribution in [3.63, 3.8) is 0 Å². The Morgan fingerprint density at radius 3 is 2.78 bits per heavy atom. The van der Waals surface area contributed by atoms with E-state index in [2.05, 4.69) is 46.1 Å². The highest BCUT2D eigenvalue weighted by molar-refractivity contribution is 5.80. The Morgan fingerprint density at radius 1 is 1.11 bits per heavy atom. The number of benzene rings is 1. The summed E-state index contributed by atoms with van der Waals surface area (Å²) in [6.07, 6.45) is 5.76. The third kappa shape index (κ3) is 1.79. The first-order chi connectivity index (χ1) is 8.90. The zero-order valence-electron chi connectivity index (χ0n) is 10.0. The maximum Gasteiger partial charge on any atom is 0.0723 e. The normalized spacial score (nSPS) is 12.7. The van der Waals surface area contributed by atoms with Gasteiger partial charge in [-0.15, -0.1) is 0 Å². The number of hydrogen-bond donors (Lipinski definition) is 1. The number of rotatable bonds is 3. The monoisotopic (exact) mass is 237 g/mol. The highest BCUT2D eigenvalue weighted by atomic mass is 15.0. The van der Waals surface area contributed by atoms with Crippen LogP contribution in [-0.2, 0) is 0 Å². The van der Waals surface area contributed by atoms with Crippen LogP contribution in [0.15, 0.2) is 61.1 Å². The van der Waals surface area contributed by atoms with Gasteiger partial charge in [-0.2, -0.15) is 0 Å². The number of pyridine rings is 1. The van der Waals surface area contributed by atoms with Gasteiger partial charge in [-0.05, 0) is 29.1 Å². The summed E-state index contributed by atoms with van der Waals surface area (Å²) >= 11 is 0. The summed E-state index contributed by atoms with van der Waals surface area (Å²) < 4.78 is 2.21. The maximum absolute atomic E-state index is 5.94. The molecule has 0 saturated heterocycles. The van der Waals surface area contributed by atoms with Crippen molar-refractivity contribution in [1.82, 2.24) is 9.55 Å². The molecule has 2 aromatic heterocycles. The molecule has 1 atom stereocenters. The van der Waals surface area contributed by atoms with Gasteiger partial charge >= 0.3 is 0 Å². The van der Waals surface area contributed by atoms with Gasteiger partial charge in [0.2, 0.25) is 0 Å². The molecule has 1 aromatic carbocycles. The zero-order chi connectivity index (χ0) is 12.4. The predicted octanol–water partition coefficient (Wildman–Crippen LogP) is 2.58. The van der Waals surface area contributed by atoms with E-state index in [9.17, 15) is 0 Å². The quantitative estimate of drug-likeness (QED) is 0.761. The first-order valence-corrected chi connectivity index (χ1v) is 6.05. The summed E-state index contributed by atoms with van der Waals surface area (Å²) in [6.45, 7) is 0.560. The average Bonchev–Trinajstić information content (AvgIpc) is 2.85. The van der Waals surface area contributed by atoms with Crippen molar-refractivity contribution in [2.75, 3.05) is 6.54 Å². The van der Waals surface area contributed by atoms with Gasteiger partial charge in [-0.25, -0.2) is 0 Å². The first kappa shape index (κ1) is 11.0. The van der Waals surface area contributed by atoms with Gasteiger partial charge in [0.1, 0.15) is 0 Å². The molecule has 0 radical (unpaired) electrons. The van der Waals surface area contributed by atoms with E-state index < -0.39 is 0 Å². The molecule has 2 N–H and O–H groups in total.